The third-order valence-corrected chi connectivity index (χ3v) is 7.00. The monoisotopic (exact) mass is 470 g/mol. The van der Waals surface area contributed by atoms with Crippen molar-refractivity contribution in [2.45, 2.75) is 52.9 Å². The highest BCUT2D eigenvalue weighted by atomic mass is 15.1. The second-order valence-electron chi connectivity index (χ2n) is 9.62. The molecule has 1 saturated carbocycles. The molecule has 3 heterocycles. The third kappa shape index (κ3) is 5.54. The van der Waals surface area contributed by atoms with E-state index < -0.39 is 0 Å². The predicted molar refractivity (Wildman–Crippen MR) is 145 cm³/mol. The maximum absolute atomic E-state index is 6.42. The molecule has 0 saturated heterocycles. The van der Waals surface area contributed by atoms with E-state index in [0.717, 1.165) is 77.8 Å². The summed E-state index contributed by atoms with van der Waals surface area (Å²) in [5, 5.41) is 0. The summed E-state index contributed by atoms with van der Waals surface area (Å²) in [5.74, 6) is 2.74. The fourth-order valence-electron chi connectivity index (χ4n) is 5.00. The zero-order chi connectivity index (χ0) is 24.9. The molecule has 3 aromatic rings. The average Bonchev–Trinajstić information content (AvgIpc) is 3.20. The molecular weight excluding hydrogens is 432 g/mol. The number of aryl methyl sites for hydroxylation is 2. The summed E-state index contributed by atoms with van der Waals surface area (Å²) in [5.41, 5.74) is 12.2. The van der Waals surface area contributed by atoms with Crippen molar-refractivity contribution in [1.29, 1.82) is 0 Å². The van der Waals surface area contributed by atoms with E-state index in [4.69, 9.17) is 15.7 Å². The Morgan fingerprint density at radius 2 is 1.86 bits per heavy atom. The quantitative estimate of drug-likeness (QED) is 0.429. The van der Waals surface area contributed by atoms with Gasteiger partial charge in [0, 0.05) is 48.2 Å². The second-order valence-corrected chi connectivity index (χ2v) is 9.62. The van der Waals surface area contributed by atoms with Crippen molar-refractivity contribution in [2.24, 2.45) is 5.92 Å². The number of nitrogen functional groups attached to an aromatic ring is 1. The number of hydrogen-bond acceptors (Lipinski definition) is 5. The lowest BCUT2D eigenvalue weighted by molar-refractivity contribution is 0.164. The van der Waals surface area contributed by atoms with Gasteiger partial charge in [-0.05, 0) is 57.8 Å². The van der Waals surface area contributed by atoms with Crippen molar-refractivity contribution >= 4 is 11.3 Å². The van der Waals surface area contributed by atoms with Gasteiger partial charge >= 0.3 is 0 Å². The van der Waals surface area contributed by atoms with Crippen LogP contribution in [0.3, 0.4) is 0 Å². The van der Waals surface area contributed by atoms with Gasteiger partial charge in [0.05, 0.1) is 0 Å². The molecule has 1 aliphatic carbocycles. The summed E-state index contributed by atoms with van der Waals surface area (Å²) in [6.07, 6.45) is 8.68. The highest BCUT2D eigenvalue weighted by Crippen LogP contribution is 2.43. The first-order valence-electron chi connectivity index (χ1n) is 12.7. The maximum atomic E-state index is 6.42. The first-order chi connectivity index (χ1) is 16.9. The van der Waals surface area contributed by atoms with Gasteiger partial charge in [-0.2, -0.15) is 0 Å². The van der Waals surface area contributed by atoms with Crippen LogP contribution in [0.25, 0.3) is 16.8 Å². The molecule has 0 aromatic carbocycles. The molecule has 0 spiro atoms. The SMILES string of the molecule is C=CCc1ccc(C)ccc(-c2nc(C3CC(CN(CC)CC)C3)n3ccnc(N)c23)cc(C)n1. The van der Waals surface area contributed by atoms with E-state index in [0.29, 0.717) is 11.7 Å². The van der Waals surface area contributed by atoms with Crippen molar-refractivity contribution in [3.63, 3.8) is 0 Å². The van der Waals surface area contributed by atoms with Crippen LogP contribution in [0.2, 0.25) is 0 Å². The Hall–Kier alpha value is -3.25. The highest BCUT2D eigenvalue weighted by molar-refractivity contribution is 5.85. The Labute approximate surface area is 209 Å². The fourth-order valence-corrected chi connectivity index (χ4v) is 5.00. The van der Waals surface area contributed by atoms with Crippen LogP contribution in [0.15, 0.2) is 55.4 Å². The van der Waals surface area contributed by atoms with Crippen molar-refractivity contribution in [1.82, 2.24) is 24.3 Å². The fraction of sp³-hybridized carbons (Fsp3) is 0.414. The molecule has 1 fully saturated rings. The molecule has 0 atom stereocenters. The zero-order valence-corrected chi connectivity index (χ0v) is 21.5. The van der Waals surface area contributed by atoms with Gasteiger partial charge in [0.25, 0.3) is 0 Å². The molecule has 4 rings (SSSR count). The van der Waals surface area contributed by atoms with Gasteiger partial charge in [-0.1, -0.05) is 43.7 Å². The number of rotatable bonds is 8. The van der Waals surface area contributed by atoms with Crippen molar-refractivity contribution in [3.05, 3.63) is 78.2 Å². The molecule has 184 valence electrons. The van der Waals surface area contributed by atoms with Gasteiger partial charge < -0.3 is 10.6 Å². The first-order valence-corrected chi connectivity index (χ1v) is 12.7. The largest absolute Gasteiger partial charge is 0.382 e. The molecular formula is C29H38N6. The topological polar surface area (TPSA) is 72.3 Å². The van der Waals surface area contributed by atoms with E-state index in [1.165, 1.54) is 6.54 Å². The number of nitrogens with zero attached hydrogens (tertiary/aromatic N) is 5. The van der Waals surface area contributed by atoms with Gasteiger partial charge in [0.1, 0.15) is 22.9 Å². The minimum absolute atomic E-state index is 0.432. The molecule has 0 radical (unpaired) electrons. The molecule has 3 aromatic heterocycles. The van der Waals surface area contributed by atoms with Crippen molar-refractivity contribution in [3.8, 4) is 11.3 Å². The molecule has 2 N–H and O–H groups in total. The average molecular weight is 471 g/mol. The maximum Gasteiger partial charge on any atom is 0.150 e. The Morgan fingerprint density at radius 1 is 1.11 bits per heavy atom. The summed E-state index contributed by atoms with van der Waals surface area (Å²) in [4.78, 5) is 16.9. The number of imidazole rings is 1. The molecule has 0 aliphatic heterocycles. The Balaban J connectivity index is 1.78. The number of aromatic nitrogens is 4. The van der Waals surface area contributed by atoms with Crippen LogP contribution in [0, 0.1) is 19.8 Å². The Bertz CT molecular complexity index is 1250. The molecule has 6 heteroatoms. The molecule has 35 heavy (non-hydrogen) atoms. The number of hydrogen-bond donors (Lipinski definition) is 1. The van der Waals surface area contributed by atoms with E-state index in [-0.39, 0.29) is 0 Å². The van der Waals surface area contributed by atoms with Crippen LogP contribution in [-0.4, -0.2) is 43.9 Å². The number of anilines is 1. The standard InChI is InChI=1S/C29H38N6/c1-6-9-25-13-11-20(4)10-12-23(16-21(5)32-25)26-27-28(30)31-14-15-35(27)29(33-26)24-17-22(18-24)19-34(7-2)8-3/h6,10-16,22,24H,1,7-9,17-19H2,2-5H3,(H2,30,31). The van der Waals surface area contributed by atoms with Crippen molar-refractivity contribution < 1.29 is 0 Å². The number of nitrogens with two attached hydrogens (primary N) is 1. The summed E-state index contributed by atoms with van der Waals surface area (Å²) in [7, 11) is 0. The summed E-state index contributed by atoms with van der Waals surface area (Å²) >= 11 is 0. The number of allylic oxidation sites excluding steroid dienone is 1. The summed E-state index contributed by atoms with van der Waals surface area (Å²) in [6.45, 7) is 15.8. The lowest BCUT2D eigenvalue weighted by Gasteiger charge is -2.37. The van der Waals surface area contributed by atoms with Gasteiger partial charge in [-0.15, -0.1) is 6.58 Å². The van der Waals surface area contributed by atoms with E-state index in [2.05, 4.69) is 72.0 Å². The third-order valence-electron chi connectivity index (χ3n) is 7.00. The van der Waals surface area contributed by atoms with Crippen LogP contribution in [0.5, 0.6) is 0 Å². The highest BCUT2D eigenvalue weighted by Gasteiger charge is 2.34. The van der Waals surface area contributed by atoms with Gasteiger partial charge in [0.2, 0.25) is 0 Å². The zero-order valence-electron chi connectivity index (χ0n) is 21.5. The van der Waals surface area contributed by atoms with E-state index in [9.17, 15) is 0 Å². The number of fused-ring (bicyclic) bond motifs is 1. The van der Waals surface area contributed by atoms with Gasteiger partial charge in [-0.25, -0.2) is 9.97 Å². The molecule has 1 aliphatic rings. The van der Waals surface area contributed by atoms with Crippen LogP contribution in [0.4, 0.5) is 5.82 Å². The predicted octanol–water partition coefficient (Wildman–Crippen LogP) is 5.68. The van der Waals surface area contributed by atoms with Crippen LogP contribution >= 0.6 is 0 Å². The normalized spacial score (nSPS) is 17.3. The Morgan fingerprint density at radius 3 is 2.57 bits per heavy atom. The minimum Gasteiger partial charge on any atom is -0.382 e. The summed E-state index contributed by atoms with van der Waals surface area (Å²) in [6, 6.07) is 10.5. The second kappa shape index (κ2) is 11.0. The van der Waals surface area contributed by atoms with Gasteiger partial charge in [-0.3, -0.25) is 9.38 Å². The molecule has 0 unspecified atom stereocenters. The Kier molecular flexibility index (Phi) is 7.81. The van der Waals surface area contributed by atoms with Crippen molar-refractivity contribution in [2.75, 3.05) is 25.4 Å². The van der Waals surface area contributed by atoms with E-state index >= 15 is 0 Å². The van der Waals surface area contributed by atoms with Crippen LogP contribution < -0.4 is 5.73 Å². The smallest absolute Gasteiger partial charge is 0.150 e. The lowest BCUT2D eigenvalue weighted by atomic mass is 9.74. The molecule has 0 amide bonds. The molecule has 6 nitrogen and oxygen atoms in total. The molecule has 0 bridgehead atoms. The minimum atomic E-state index is 0.432. The summed E-state index contributed by atoms with van der Waals surface area (Å²) < 4.78 is 2.15. The van der Waals surface area contributed by atoms with Gasteiger partial charge in [0.15, 0.2) is 0 Å². The first kappa shape index (κ1) is 24.9. The van der Waals surface area contributed by atoms with Crippen LogP contribution in [0.1, 0.15) is 55.4 Å². The lowest BCUT2D eigenvalue weighted by Crippen LogP contribution is -2.35. The van der Waals surface area contributed by atoms with Crippen LogP contribution in [-0.2, 0) is 6.42 Å². The van der Waals surface area contributed by atoms with E-state index in [1.807, 2.05) is 19.2 Å². The van der Waals surface area contributed by atoms with E-state index in [1.54, 1.807) is 6.20 Å².